The molecule has 6 saturated heterocycles. The van der Waals surface area contributed by atoms with Crippen LogP contribution in [0.3, 0.4) is 0 Å². The van der Waals surface area contributed by atoms with E-state index >= 15 is 0 Å². The van der Waals surface area contributed by atoms with Gasteiger partial charge in [0.05, 0.1) is 22.7 Å². The Hall–Kier alpha value is -10.1. The standard InChI is InChI=1S/C25H32N2O.C24H30N2O.C22H28N2O.C21H26N2O.C19H29N.C16H25N/c1-16-9-11-19-20-12-10-17(2)26-23(20)28-22(19)21(16)27-18(3)25(15-24(27,4)5)13-7-6-8-14-25;1-16-10-11-18-19-9-8-14-25-22(19)27-21(18)20(16)26-17(2)24(15-23(26,3)4)12-6-5-7-13-24;1-13-8-10-16-17-11-9-14(2)23-20(17)25-19(16)18(13)24-15(3)21(4,5)12-22(24,6)7;1-13-9-10-15-16-8-7-11-22-19(16)24-18(15)17(13)23-14(2)20(3,4)12-21(23,5)6;1-15-10-6-7-11-17(15)20-16(2)19(14-18(20,3)4)12-8-5-9-13-19;1-12-9-7-8-10-14(12)17-13(2)15(3,4)11-16(17,5)6/h9-12,18H,6-8,13-15H2,1-5H3;8-11,14,17H,5-7,12-13,15H2,1-4H3;8-11,15H,12H2,1-7H3;7-11,14H,12H2,1-6H3;6-7,10-11,16H,5,8-9,12-14H2,1-4H3;7-10,13H,11H2,1-6H3/i;;;;14D2;3D3,4D3,11D2. The molecule has 0 N–H and O–H groups in total. The van der Waals surface area contributed by atoms with E-state index in [2.05, 4.69) is 320 Å². The number of fused-ring (bicyclic) bond motifs is 12. The fourth-order valence-corrected chi connectivity index (χ4v) is 29.7. The zero-order valence-corrected chi connectivity index (χ0v) is 91.0. The van der Waals surface area contributed by atoms with Gasteiger partial charge in [-0.1, -0.05) is 184 Å². The quantitative estimate of drug-likeness (QED) is 0.157. The topological polar surface area (TPSA) is 124 Å². The summed E-state index contributed by atoms with van der Waals surface area (Å²) in [5, 5.41) is 9.14. The maximum Gasteiger partial charge on any atom is 0.227 e. The van der Waals surface area contributed by atoms with Crippen LogP contribution in [0.4, 0.5) is 34.1 Å². The van der Waals surface area contributed by atoms with Crippen molar-refractivity contribution in [2.75, 3.05) is 29.4 Å². The Labute approximate surface area is 859 Å². The number of aryl methyl sites for hydroxylation is 8. The number of hydrogen-bond donors (Lipinski definition) is 0. The van der Waals surface area contributed by atoms with Crippen molar-refractivity contribution in [3.63, 3.8) is 0 Å². The molecule has 0 amide bonds. The summed E-state index contributed by atoms with van der Waals surface area (Å²) in [7, 11) is 0. The smallest absolute Gasteiger partial charge is 0.227 e. The van der Waals surface area contributed by atoms with E-state index in [9.17, 15) is 0 Å². The third kappa shape index (κ3) is 17.8. The Bertz CT molecular complexity index is 7440. The summed E-state index contributed by atoms with van der Waals surface area (Å²) in [4.78, 5) is 32.7. The highest BCUT2D eigenvalue weighted by atomic mass is 16.4. The lowest BCUT2D eigenvalue weighted by Gasteiger charge is -2.41. The molecule has 3 saturated carbocycles. The van der Waals surface area contributed by atoms with Crippen LogP contribution in [0.1, 0.15) is 359 Å². The number of furan rings is 4. The molecule has 141 heavy (non-hydrogen) atoms. The van der Waals surface area contributed by atoms with Crippen molar-refractivity contribution in [2.45, 2.75) is 426 Å². The average Bonchev–Trinajstić information content (AvgIpc) is 1.49. The lowest BCUT2D eigenvalue weighted by molar-refractivity contribution is 0.170. The van der Waals surface area contributed by atoms with E-state index in [1.54, 1.807) is 37.1 Å². The van der Waals surface area contributed by atoms with Gasteiger partial charge in [-0.3, -0.25) is 0 Å². The molecule has 752 valence electrons. The van der Waals surface area contributed by atoms with Gasteiger partial charge in [-0.15, -0.1) is 0 Å². The second-order valence-corrected chi connectivity index (χ2v) is 49.7. The molecule has 0 radical (unpaired) electrons. The van der Waals surface area contributed by atoms with Gasteiger partial charge in [-0.2, -0.15) is 0 Å². The Morgan fingerprint density at radius 1 is 0.270 bits per heavy atom. The van der Waals surface area contributed by atoms with Gasteiger partial charge in [0.1, 0.15) is 0 Å². The zero-order chi connectivity index (χ0) is 110. The number of aromatic nitrogens is 4. The number of para-hydroxylation sites is 2. The van der Waals surface area contributed by atoms with E-state index in [0.717, 1.165) is 120 Å². The Balaban J connectivity index is 0.000000118. The van der Waals surface area contributed by atoms with Gasteiger partial charge in [0.25, 0.3) is 0 Å². The molecular formula is C127H170N10O4. The molecule has 14 heterocycles. The molecule has 0 bridgehead atoms. The summed E-state index contributed by atoms with van der Waals surface area (Å²) < 4.78 is 109. The molecule has 14 nitrogen and oxygen atoms in total. The van der Waals surface area contributed by atoms with E-state index in [-0.39, 0.29) is 44.4 Å². The summed E-state index contributed by atoms with van der Waals surface area (Å²) in [6, 6.07) is 51.1. The van der Waals surface area contributed by atoms with E-state index in [1.165, 1.54) is 170 Å². The maximum atomic E-state index is 9.04. The number of hydrogen-bond acceptors (Lipinski definition) is 14. The van der Waals surface area contributed by atoms with Gasteiger partial charge in [0.15, 0.2) is 22.3 Å². The van der Waals surface area contributed by atoms with Crippen molar-refractivity contribution in [3.05, 3.63) is 203 Å². The van der Waals surface area contributed by atoms with E-state index < -0.39 is 49.0 Å². The van der Waals surface area contributed by atoms with Gasteiger partial charge in [0.2, 0.25) is 22.9 Å². The van der Waals surface area contributed by atoms with Crippen molar-refractivity contribution in [2.24, 2.45) is 32.5 Å². The molecular weight excluding hydrogens is 1730 g/mol. The average molecular weight is 1910 g/mol. The lowest BCUT2D eigenvalue weighted by atomic mass is 9.68. The fourth-order valence-electron chi connectivity index (χ4n) is 29.7. The summed E-state index contributed by atoms with van der Waals surface area (Å²) in [6.07, 6.45) is 24.2. The minimum Gasteiger partial charge on any atom is -0.436 e. The van der Waals surface area contributed by atoms with E-state index in [0.29, 0.717) is 40.7 Å². The van der Waals surface area contributed by atoms with Crippen LogP contribution in [0.5, 0.6) is 0 Å². The van der Waals surface area contributed by atoms with Gasteiger partial charge >= 0.3 is 0 Å². The number of anilines is 6. The maximum absolute atomic E-state index is 9.04. The van der Waals surface area contributed by atoms with E-state index in [1.807, 2.05) is 51.2 Å². The molecule has 8 aromatic heterocycles. The molecule has 6 aromatic carbocycles. The molecule has 9 fully saturated rings. The minimum absolute atomic E-state index is 0.0876. The predicted octanol–water partition coefficient (Wildman–Crippen LogP) is 35.0. The highest BCUT2D eigenvalue weighted by Gasteiger charge is 2.59. The first-order valence-corrected chi connectivity index (χ1v) is 53.4. The number of rotatable bonds is 6. The molecule has 6 aliphatic heterocycles. The minimum atomic E-state index is -3.00. The zero-order valence-electron chi connectivity index (χ0n) is 101. The molecule has 3 aliphatic carbocycles. The first-order chi connectivity index (χ1) is 70.4. The van der Waals surface area contributed by atoms with Gasteiger partial charge < -0.3 is 47.1 Å². The third-order valence-corrected chi connectivity index (χ3v) is 36.0. The van der Waals surface area contributed by atoms with Crippen LogP contribution < -0.4 is 29.4 Å². The summed E-state index contributed by atoms with van der Waals surface area (Å²) >= 11 is 0. The SMILES string of the molecule is Cc1ccc2c(n1)oc1c(N3C(C)C(C)(C)CC3(C)C)c(C)ccc12.Cc1ccc2c(n1)oc1c(N3C(C)C4(CCCCC4)CC3(C)C)c(C)ccc12.Cc1ccc2c(oc3ncccc32)c1N1C(C)C(C)(C)CC1(C)C.Cc1ccc2c(oc3ncccc32)c1N1C(C)C2(CCCCC2)CC1(C)C.[2H]C([2H])([2H])C1(C([2H])([2H])[2H])C(C)N(c2ccccc2C)C(C)(C)C1([2H])[2H].[2H]C1([2H])C2(CCCCC2)C(C)N(c2ccccc2C)C1(C)C. The first-order valence-electron chi connectivity index (χ1n) is 58.4. The predicted molar refractivity (Wildman–Crippen MR) is 599 cm³/mol. The van der Waals surface area contributed by atoms with E-state index in [4.69, 9.17) is 31.4 Å². The van der Waals surface area contributed by atoms with Gasteiger partial charge in [-0.25, -0.2) is 19.9 Å². The van der Waals surface area contributed by atoms with Crippen LogP contribution in [0.25, 0.3) is 88.3 Å². The van der Waals surface area contributed by atoms with Gasteiger partial charge in [0, 0.05) is 161 Å². The molecule has 3 spiro atoms. The summed E-state index contributed by atoms with van der Waals surface area (Å²) in [6.45, 7) is 60.1. The lowest BCUT2D eigenvalue weighted by Crippen LogP contribution is -2.44. The van der Waals surface area contributed by atoms with Crippen molar-refractivity contribution >= 4 is 122 Å². The molecule has 23 rings (SSSR count). The molecule has 6 unspecified atom stereocenters. The third-order valence-electron chi connectivity index (χ3n) is 36.0. The van der Waals surface area contributed by atoms with Crippen molar-refractivity contribution in [3.8, 4) is 0 Å². The van der Waals surface area contributed by atoms with Gasteiger partial charge in [-0.05, 0) is 384 Å². The number of nitrogens with zero attached hydrogens (tertiary/aromatic N) is 10. The molecule has 6 atom stereocenters. The summed E-state index contributed by atoms with van der Waals surface area (Å²) in [5.74, 6) is 0. The largest absolute Gasteiger partial charge is 0.436 e. The Morgan fingerprint density at radius 2 is 0.553 bits per heavy atom. The summed E-state index contributed by atoms with van der Waals surface area (Å²) in [5.41, 5.74) is 20.3. The Kier molecular flexibility index (Phi) is 23.0. The van der Waals surface area contributed by atoms with Crippen molar-refractivity contribution < 1.29 is 31.4 Å². The number of pyridine rings is 4. The van der Waals surface area contributed by atoms with Crippen LogP contribution in [0.2, 0.25) is 0 Å². The van der Waals surface area contributed by atoms with Crippen LogP contribution in [0.15, 0.2) is 176 Å². The first kappa shape index (κ1) is 88.6. The number of benzene rings is 6. The van der Waals surface area contributed by atoms with Crippen molar-refractivity contribution in [1.82, 2.24) is 19.9 Å². The highest BCUT2D eigenvalue weighted by molar-refractivity contribution is 6.12. The normalized spacial score (nSPS) is 26.3. The highest BCUT2D eigenvalue weighted by Crippen LogP contribution is 2.63. The molecule has 14 aromatic rings. The van der Waals surface area contributed by atoms with Crippen molar-refractivity contribution in [1.29, 1.82) is 0 Å². The monoisotopic (exact) mass is 1910 g/mol. The van der Waals surface area contributed by atoms with Crippen LogP contribution in [-0.2, 0) is 0 Å². The second kappa shape index (κ2) is 36.6. The van der Waals surface area contributed by atoms with Crippen LogP contribution in [-0.4, -0.2) is 89.4 Å². The van der Waals surface area contributed by atoms with Crippen LogP contribution in [0, 0.1) is 87.9 Å². The molecule has 14 heteroatoms. The second-order valence-electron chi connectivity index (χ2n) is 49.7. The molecule has 9 aliphatic rings. The Morgan fingerprint density at radius 3 is 0.879 bits per heavy atom. The van der Waals surface area contributed by atoms with Crippen LogP contribution >= 0.6 is 0 Å². The fraction of sp³-hybridized carbons (Fsp3) is 0.559.